The second-order valence-corrected chi connectivity index (χ2v) is 7.14. The van der Waals surface area contributed by atoms with Crippen molar-refractivity contribution in [2.24, 2.45) is 0 Å². The summed E-state index contributed by atoms with van der Waals surface area (Å²) in [7, 11) is 0. The second kappa shape index (κ2) is 6.67. The summed E-state index contributed by atoms with van der Waals surface area (Å²) in [6, 6.07) is 14.7. The number of carbonyl (C=O) groups is 1. The summed E-state index contributed by atoms with van der Waals surface area (Å²) < 4.78 is 0. The first-order chi connectivity index (χ1) is 10.7. The molecule has 3 rings (SSSR count). The van der Waals surface area contributed by atoms with Crippen LogP contribution in [0.2, 0.25) is 0 Å². The summed E-state index contributed by atoms with van der Waals surface area (Å²) in [5.41, 5.74) is 3.46. The molecule has 0 spiro atoms. The molecule has 2 aromatic rings. The monoisotopic (exact) mass is 331 g/mol. The first-order valence-electron chi connectivity index (χ1n) is 7.08. The molecule has 1 amide bonds. The van der Waals surface area contributed by atoms with E-state index in [0.717, 1.165) is 17.7 Å². The number of benzene rings is 2. The largest absolute Gasteiger partial charge is 0.465 e. The number of fused-ring (bicyclic) bond motifs is 1. The first-order valence-corrected chi connectivity index (χ1v) is 9.29. The van der Waals surface area contributed by atoms with Gasteiger partial charge in [0, 0.05) is 15.5 Å². The van der Waals surface area contributed by atoms with Gasteiger partial charge in [-0.25, -0.2) is 4.79 Å². The van der Waals surface area contributed by atoms with Gasteiger partial charge in [-0.1, -0.05) is 24.3 Å². The van der Waals surface area contributed by atoms with E-state index in [1.165, 1.54) is 20.9 Å². The fourth-order valence-corrected chi connectivity index (χ4v) is 4.29. The van der Waals surface area contributed by atoms with E-state index >= 15 is 0 Å². The highest BCUT2D eigenvalue weighted by Crippen LogP contribution is 2.38. The molecule has 0 fully saturated rings. The van der Waals surface area contributed by atoms with Crippen LogP contribution in [0, 0.1) is 0 Å². The molecule has 0 radical (unpaired) electrons. The minimum atomic E-state index is -0.959. The molecule has 114 valence electrons. The molecule has 0 saturated carbocycles. The molecule has 3 nitrogen and oxygen atoms in total. The van der Waals surface area contributed by atoms with E-state index in [-0.39, 0.29) is 6.04 Å². The van der Waals surface area contributed by atoms with E-state index in [1.54, 1.807) is 23.5 Å². The quantitative estimate of drug-likeness (QED) is 0.787. The number of hydrogen-bond acceptors (Lipinski definition) is 3. The molecule has 1 atom stereocenters. The lowest BCUT2D eigenvalue weighted by molar-refractivity contribution is 0.189. The van der Waals surface area contributed by atoms with E-state index in [0.29, 0.717) is 0 Å². The van der Waals surface area contributed by atoms with Crippen LogP contribution in [-0.4, -0.2) is 23.2 Å². The minimum Gasteiger partial charge on any atom is -0.465 e. The van der Waals surface area contributed by atoms with Crippen LogP contribution < -0.4 is 5.32 Å². The van der Waals surface area contributed by atoms with Gasteiger partial charge in [-0.15, -0.1) is 23.5 Å². The molecule has 0 aliphatic carbocycles. The molecule has 1 aliphatic rings. The van der Waals surface area contributed by atoms with Crippen molar-refractivity contribution < 1.29 is 9.90 Å². The van der Waals surface area contributed by atoms with Crippen molar-refractivity contribution in [2.45, 2.75) is 22.3 Å². The second-order valence-electron chi connectivity index (χ2n) is 5.12. The maximum absolute atomic E-state index is 10.9. The smallest absolute Gasteiger partial charge is 0.405 e. The van der Waals surface area contributed by atoms with Gasteiger partial charge in [-0.3, -0.25) is 0 Å². The zero-order valence-corrected chi connectivity index (χ0v) is 13.8. The van der Waals surface area contributed by atoms with Crippen LogP contribution in [-0.2, 0) is 0 Å². The molecule has 0 saturated heterocycles. The van der Waals surface area contributed by atoms with Crippen molar-refractivity contribution in [3.05, 3.63) is 48.0 Å². The van der Waals surface area contributed by atoms with Crippen molar-refractivity contribution in [3.63, 3.8) is 0 Å². The van der Waals surface area contributed by atoms with Gasteiger partial charge in [0.2, 0.25) is 0 Å². The van der Waals surface area contributed by atoms with Gasteiger partial charge in [-0.05, 0) is 47.6 Å². The van der Waals surface area contributed by atoms with Gasteiger partial charge >= 0.3 is 6.09 Å². The third-order valence-corrected chi connectivity index (χ3v) is 5.58. The average Bonchev–Trinajstić information content (AvgIpc) is 2.54. The SMILES string of the molecule is CSc1cccc(-c2ccc3c(c2)SCCC3NC(=O)O)c1. The third-order valence-electron chi connectivity index (χ3n) is 3.75. The Bertz CT molecular complexity index is 703. The Morgan fingerprint density at radius 1 is 1.27 bits per heavy atom. The van der Waals surface area contributed by atoms with Crippen molar-refractivity contribution in [3.8, 4) is 11.1 Å². The standard InChI is InChI=1S/C17H17NO2S2/c1-21-13-4-2-3-11(9-13)12-5-6-14-15(18-17(19)20)7-8-22-16(14)10-12/h2-6,9-10,15,18H,7-8H2,1H3,(H,19,20). The molecule has 1 unspecified atom stereocenters. The highest BCUT2D eigenvalue weighted by Gasteiger charge is 2.22. The van der Waals surface area contributed by atoms with Crippen LogP contribution in [0.15, 0.2) is 52.3 Å². The Hall–Kier alpha value is -1.59. The highest BCUT2D eigenvalue weighted by molar-refractivity contribution is 7.99. The van der Waals surface area contributed by atoms with Crippen molar-refractivity contribution in [1.29, 1.82) is 0 Å². The molecular formula is C17H17NO2S2. The van der Waals surface area contributed by atoms with E-state index in [1.807, 2.05) is 0 Å². The van der Waals surface area contributed by atoms with Crippen molar-refractivity contribution >= 4 is 29.6 Å². The molecule has 2 N–H and O–H groups in total. The van der Waals surface area contributed by atoms with E-state index in [2.05, 4.69) is 54.0 Å². The summed E-state index contributed by atoms with van der Waals surface area (Å²) in [6.07, 6.45) is 1.95. The maximum atomic E-state index is 10.9. The van der Waals surface area contributed by atoms with Crippen LogP contribution in [0.3, 0.4) is 0 Å². The maximum Gasteiger partial charge on any atom is 0.405 e. The summed E-state index contributed by atoms with van der Waals surface area (Å²) >= 11 is 3.53. The minimum absolute atomic E-state index is 0.0969. The van der Waals surface area contributed by atoms with Gasteiger partial charge in [-0.2, -0.15) is 0 Å². The highest BCUT2D eigenvalue weighted by atomic mass is 32.2. The lowest BCUT2D eigenvalue weighted by Crippen LogP contribution is -2.29. The first kappa shape index (κ1) is 15.3. The van der Waals surface area contributed by atoms with Gasteiger partial charge in [0.25, 0.3) is 0 Å². The Morgan fingerprint density at radius 3 is 2.86 bits per heavy atom. The molecule has 1 heterocycles. The molecule has 0 bridgehead atoms. The number of amides is 1. The number of thioether (sulfide) groups is 2. The Labute approximate surface area is 138 Å². The van der Waals surface area contributed by atoms with Gasteiger partial charge in [0.1, 0.15) is 0 Å². The zero-order chi connectivity index (χ0) is 15.5. The van der Waals surface area contributed by atoms with Crippen molar-refractivity contribution in [2.75, 3.05) is 12.0 Å². The summed E-state index contributed by atoms with van der Waals surface area (Å²) in [5, 5.41) is 11.6. The van der Waals surface area contributed by atoms with Crippen LogP contribution in [0.5, 0.6) is 0 Å². The zero-order valence-electron chi connectivity index (χ0n) is 12.2. The summed E-state index contributed by atoms with van der Waals surface area (Å²) in [6.45, 7) is 0. The Kier molecular flexibility index (Phi) is 4.64. The lowest BCUT2D eigenvalue weighted by Gasteiger charge is -2.25. The molecule has 2 aromatic carbocycles. The van der Waals surface area contributed by atoms with Crippen molar-refractivity contribution in [1.82, 2.24) is 5.32 Å². The topological polar surface area (TPSA) is 49.3 Å². The summed E-state index contributed by atoms with van der Waals surface area (Å²) in [5.74, 6) is 0.937. The van der Waals surface area contributed by atoms with Crippen LogP contribution >= 0.6 is 23.5 Å². The van der Waals surface area contributed by atoms with E-state index in [9.17, 15) is 4.79 Å². The van der Waals surface area contributed by atoms with Crippen LogP contribution in [0.4, 0.5) is 4.79 Å². The summed E-state index contributed by atoms with van der Waals surface area (Å²) in [4.78, 5) is 13.3. The van der Waals surface area contributed by atoms with E-state index in [4.69, 9.17) is 5.11 Å². The van der Waals surface area contributed by atoms with Gasteiger partial charge in [0.05, 0.1) is 6.04 Å². The van der Waals surface area contributed by atoms with Crippen LogP contribution in [0.1, 0.15) is 18.0 Å². The number of hydrogen-bond donors (Lipinski definition) is 2. The molecule has 1 aliphatic heterocycles. The third kappa shape index (κ3) is 3.25. The number of carboxylic acid groups (broad SMARTS) is 1. The predicted molar refractivity (Wildman–Crippen MR) is 92.9 cm³/mol. The predicted octanol–water partition coefficient (Wildman–Crippen LogP) is 4.88. The molecular weight excluding hydrogens is 314 g/mol. The normalized spacial score (nSPS) is 16.9. The molecule has 0 aromatic heterocycles. The van der Waals surface area contributed by atoms with Gasteiger partial charge < -0.3 is 10.4 Å². The Morgan fingerprint density at radius 2 is 2.09 bits per heavy atom. The van der Waals surface area contributed by atoms with Crippen LogP contribution in [0.25, 0.3) is 11.1 Å². The number of rotatable bonds is 3. The fraction of sp³-hybridized carbons (Fsp3) is 0.235. The lowest BCUT2D eigenvalue weighted by atomic mass is 9.99. The molecule has 22 heavy (non-hydrogen) atoms. The average molecular weight is 331 g/mol. The fourth-order valence-electron chi connectivity index (χ4n) is 2.67. The number of nitrogens with one attached hydrogen (secondary N) is 1. The Balaban J connectivity index is 1.94. The van der Waals surface area contributed by atoms with Gasteiger partial charge in [0.15, 0.2) is 0 Å². The van der Waals surface area contributed by atoms with E-state index < -0.39 is 6.09 Å². The molecule has 5 heteroatoms.